The molecule has 0 radical (unpaired) electrons. The highest BCUT2D eigenvalue weighted by atomic mass is 127. The van der Waals surface area contributed by atoms with Gasteiger partial charge in [0.25, 0.3) is 0 Å². The van der Waals surface area contributed by atoms with Crippen LogP contribution in [0.15, 0.2) is 24.3 Å². The molecule has 102 valence electrons. The van der Waals surface area contributed by atoms with Gasteiger partial charge in [0.2, 0.25) is 0 Å². The van der Waals surface area contributed by atoms with Gasteiger partial charge < -0.3 is 4.74 Å². The van der Waals surface area contributed by atoms with Crippen LogP contribution in [0.5, 0.6) is 0 Å². The van der Waals surface area contributed by atoms with Crippen LogP contribution in [0.1, 0.15) is 48.9 Å². The highest BCUT2D eigenvalue weighted by Crippen LogP contribution is 2.42. The van der Waals surface area contributed by atoms with Crippen molar-refractivity contribution in [2.24, 2.45) is 5.92 Å². The minimum absolute atomic E-state index is 0.0266. The molecule has 2 aliphatic rings. The second-order valence-corrected chi connectivity index (χ2v) is 6.93. The molecule has 1 saturated carbocycles. The van der Waals surface area contributed by atoms with E-state index in [1.165, 1.54) is 12.8 Å². The molecular formula is C16H19IO2. The van der Waals surface area contributed by atoms with Gasteiger partial charge in [-0.25, -0.2) is 0 Å². The van der Waals surface area contributed by atoms with Crippen LogP contribution < -0.4 is 0 Å². The van der Waals surface area contributed by atoms with Crippen molar-refractivity contribution in [3.8, 4) is 0 Å². The zero-order chi connectivity index (χ0) is 13.3. The molecule has 2 nitrogen and oxygen atoms in total. The third kappa shape index (κ3) is 2.72. The molecule has 2 fully saturated rings. The smallest absolute Gasteiger partial charge is 0.167 e. The summed E-state index contributed by atoms with van der Waals surface area (Å²) in [7, 11) is 0. The van der Waals surface area contributed by atoms with Crippen molar-refractivity contribution >= 4 is 28.4 Å². The minimum Gasteiger partial charge on any atom is -0.375 e. The van der Waals surface area contributed by atoms with E-state index in [1.54, 1.807) is 0 Å². The number of hydrogen-bond acceptors (Lipinski definition) is 2. The van der Waals surface area contributed by atoms with E-state index in [4.69, 9.17) is 4.74 Å². The monoisotopic (exact) mass is 370 g/mol. The maximum absolute atomic E-state index is 12.7. The Kier molecular flexibility index (Phi) is 3.94. The summed E-state index contributed by atoms with van der Waals surface area (Å²) in [6.45, 7) is 0.750. The van der Waals surface area contributed by atoms with Crippen LogP contribution in [-0.2, 0) is 4.74 Å². The fourth-order valence-electron chi connectivity index (χ4n) is 3.50. The summed E-state index contributed by atoms with van der Waals surface area (Å²) < 4.78 is 7.09. The van der Waals surface area contributed by atoms with Crippen LogP contribution >= 0.6 is 22.6 Å². The number of benzene rings is 1. The SMILES string of the molecule is O=C(c1ccccc1I)C1CCOC2(CCCC2)C1. The summed E-state index contributed by atoms with van der Waals surface area (Å²) in [6.07, 6.45) is 6.60. The normalized spacial score (nSPS) is 25.6. The van der Waals surface area contributed by atoms with Crippen molar-refractivity contribution in [1.29, 1.82) is 0 Å². The predicted octanol–water partition coefficient (Wildman–Crippen LogP) is 4.21. The second kappa shape index (κ2) is 5.52. The average Bonchev–Trinajstić information content (AvgIpc) is 2.86. The molecule has 1 saturated heterocycles. The van der Waals surface area contributed by atoms with Gasteiger partial charge in [-0.05, 0) is 54.3 Å². The van der Waals surface area contributed by atoms with Gasteiger partial charge in [-0.3, -0.25) is 4.79 Å². The molecule has 1 aromatic rings. The van der Waals surface area contributed by atoms with Crippen LogP contribution in [0.25, 0.3) is 0 Å². The Labute approximate surface area is 128 Å². The molecule has 0 aromatic heterocycles. The second-order valence-electron chi connectivity index (χ2n) is 5.77. The fraction of sp³-hybridized carbons (Fsp3) is 0.562. The lowest BCUT2D eigenvalue weighted by Crippen LogP contribution is -2.39. The molecule has 0 amide bonds. The first-order valence-electron chi connectivity index (χ1n) is 7.13. The van der Waals surface area contributed by atoms with Crippen molar-refractivity contribution in [2.75, 3.05) is 6.61 Å². The maximum Gasteiger partial charge on any atom is 0.167 e. The number of halogens is 1. The summed E-state index contributed by atoms with van der Waals surface area (Å²) in [5, 5.41) is 0. The standard InChI is InChI=1S/C16H19IO2/c17-14-6-2-1-5-13(14)15(18)12-7-10-19-16(11-12)8-3-4-9-16/h1-2,5-6,12H,3-4,7-11H2. The summed E-state index contributed by atoms with van der Waals surface area (Å²) in [5.41, 5.74) is 0.918. The number of Topliss-reactive ketones (excluding diaryl/α,β-unsaturated/α-hetero) is 1. The maximum atomic E-state index is 12.7. The van der Waals surface area contributed by atoms with E-state index in [0.29, 0.717) is 5.78 Å². The van der Waals surface area contributed by atoms with Crippen molar-refractivity contribution in [1.82, 2.24) is 0 Å². The van der Waals surface area contributed by atoms with Crippen molar-refractivity contribution < 1.29 is 9.53 Å². The van der Waals surface area contributed by atoms with E-state index in [9.17, 15) is 4.79 Å². The van der Waals surface area contributed by atoms with E-state index >= 15 is 0 Å². The first-order valence-corrected chi connectivity index (χ1v) is 8.21. The Balaban J connectivity index is 1.78. The molecule has 1 aromatic carbocycles. The Hall–Kier alpha value is -0.420. The third-order valence-corrected chi connectivity index (χ3v) is 5.46. The number of ketones is 1. The molecule has 1 aliphatic carbocycles. The number of carbonyl (C=O) groups excluding carboxylic acids is 1. The number of hydrogen-bond donors (Lipinski definition) is 0. The topological polar surface area (TPSA) is 26.3 Å². The summed E-state index contributed by atoms with van der Waals surface area (Å²) in [4.78, 5) is 12.7. The number of rotatable bonds is 2. The van der Waals surface area contributed by atoms with Gasteiger partial charge in [-0.15, -0.1) is 0 Å². The summed E-state index contributed by atoms with van der Waals surface area (Å²) >= 11 is 2.26. The van der Waals surface area contributed by atoms with E-state index in [2.05, 4.69) is 22.6 Å². The zero-order valence-electron chi connectivity index (χ0n) is 11.0. The molecule has 3 heteroatoms. The molecule has 19 heavy (non-hydrogen) atoms. The molecule has 1 unspecified atom stereocenters. The van der Waals surface area contributed by atoms with Crippen LogP contribution in [0.2, 0.25) is 0 Å². The van der Waals surface area contributed by atoms with Gasteiger partial charge >= 0.3 is 0 Å². The minimum atomic E-state index is 0.0266. The Morgan fingerprint density at radius 3 is 2.74 bits per heavy atom. The van der Waals surface area contributed by atoms with Gasteiger partial charge in [0.05, 0.1) is 5.60 Å². The van der Waals surface area contributed by atoms with E-state index in [-0.39, 0.29) is 11.5 Å². The lowest BCUT2D eigenvalue weighted by Gasteiger charge is -2.37. The average molecular weight is 370 g/mol. The molecule has 0 bridgehead atoms. The van der Waals surface area contributed by atoms with Gasteiger partial charge in [-0.2, -0.15) is 0 Å². The van der Waals surface area contributed by atoms with Gasteiger partial charge in [0.1, 0.15) is 0 Å². The van der Waals surface area contributed by atoms with E-state index in [1.807, 2.05) is 24.3 Å². The summed E-state index contributed by atoms with van der Waals surface area (Å²) in [5.74, 6) is 0.474. The largest absolute Gasteiger partial charge is 0.375 e. The number of carbonyl (C=O) groups is 1. The third-order valence-electron chi connectivity index (χ3n) is 4.52. The van der Waals surface area contributed by atoms with Crippen molar-refractivity contribution in [3.63, 3.8) is 0 Å². The van der Waals surface area contributed by atoms with Gasteiger partial charge in [-0.1, -0.05) is 31.0 Å². The molecule has 1 aliphatic heterocycles. The summed E-state index contributed by atoms with van der Waals surface area (Å²) in [6, 6.07) is 7.92. The van der Waals surface area contributed by atoms with Crippen LogP contribution in [0.4, 0.5) is 0 Å². The van der Waals surface area contributed by atoms with Crippen molar-refractivity contribution in [3.05, 3.63) is 33.4 Å². The van der Waals surface area contributed by atoms with Crippen LogP contribution in [-0.4, -0.2) is 18.0 Å². The Morgan fingerprint density at radius 1 is 1.26 bits per heavy atom. The molecule has 3 rings (SSSR count). The molecule has 1 atom stereocenters. The number of ether oxygens (including phenoxy) is 1. The molecular weight excluding hydrogens is 351 g/mol. The highest BCUT2D eigenvalue weighted by Gasteiger charge is 2.42. The quantitative estimate of drug-likeness (QED) is 0.576. The lowest BCUT2D eigenvalue weighted by atomic mass is 9.81. The molecule has 1 spiro atoms. The molecule has 0 N–H and O–H groups in total. The van der Waals surface area contributed by atoms with E-state index < -0.39 is 0 Å². The van der Waals surface area contributed by atoms with Crippen molar-refractivity contribution in [2.45, 2.75) is 44.1 Å². The Bertz CT molecular complexity index is 477. The first kappa shape index (κ1) is 13.6. The molecule has 1 heterocycles. The lowest BCUT2D eigenvalue weighted by molar-refractivity contribution is -0.0866. The Morgan fingerprint density at radius 2 is 2.00 bits per heavy atom. The van der Waals surface area contributed by atoms with Crippen LogP contribution in [0, 0.1) is 9.49 Å². The zero-order valence-corrected chi connectivity index (χ0v) is 13.2. The van der Waals surface area contributed by atoms with Gasteiger partial charge in [0, 0.05) is 21.7 Å². The van der Waals surface area contributed by atoms with Crippen LogP contribution in [0.3, 0.4) is 0 Å². The first-order chi connectivity index (χ1) is 9.20. The van der Waals surface area contributed by atoms with Gasteiger partial charge in [0.15, 0.2) is 5.78 Å². The predicted molar refractivity (Wildman–Crippen MR) is 83.4 cm³/mol. The fourth-order valence-corrected chi connectivity index (χ4v) is 4.15. The van der Waals surface area contributed by atoms with E-state index in [0.717, 1.165) is 41.4 Å². The highest BCUT2D eigenvalue weighted by molar-refractivity contribution is 14.1.